The Labute approximate surface area is 182 Å². The molecular weight excluding hydrogens is 394 g/mol. The molecule has 0 saturated heterocycles. The molecule has 3 N–H and O–H groups in total. The topological polar surface area (TPSA) is 113 Å². The highest BCUT2D eigenvalue weighted by molar-refractivity contribution is 5.98. The Morgan fingerprint density at radius 1 is 1.06 bits per heavy atom. The SMILES string of the molecule is Cc1nnc2c(NCCCCNC(=O)C(C)C)nc3cc(C(=O)NC(C)C)ccc3n12. The molecule has 166 valence electrons. The second-order valence-corrected chi connectivity index (χ2v) is 8.28. The molecule has 0 fully saturated rings. The third kappa shape index (κ3) is 5.28. The number of fused-ring (bicyclic) bond motifs is 3. The van der Waals surface area contributed by atoms with Gasteiger partial charge in [-0.2, -0.15) is 0 Å². The summed E-state index contributed by atoms with van der Waals surface area (Å²) in [5.74, 6) is 1.32. The zero-order valence-electron chi connectivity index (χ0n) is 18.8. The van der Waals surface area contributed by atoms with E-state index in [2.05, 4.69) is 26.1 Å². The number of anilines is 1. The fraction of sp³-hybridized carbons (Fsp3) is 0.500. The number of rotatable bonds is 9. The molecule has 0 spiro atoms. The largest absolute Gasteiger partial charge is 0.367 e. The Balaban J connectivity index is 1.77. The van der Waals surface area contributed by atoms with E-state index >= 15 is 0 Å². The number of carbonyl (C=O) groups is 2. The Bertz CT molecular complexity index is 1090. The summed E-state index contributed by atoms with van der Waals surface area (Å²) in [7, 11) is 0. The Hall–Kier alpha value is -3.23. The first kappa shape index (κ1) is 22.5. The molecule has 3 aromatic rings. The minimum atomic E-state index is -0.128. The number of benzene rings is 1. The Morgan fingerprint density at radius 2 is 1.81 bits per heavy atom. The van der Waals surface area contributed by atoms with Crippen molar-refractivity contribution in [3.63, 3.8) is 0 Å². The van der Waals surface area contributed by atoms with Crippen LogP contribution in [0.3, 0.4) is 0 Å². The number of hydrogen-bond acceptors (Lipinski definition) is 6. The second kappa shape index (κ2) is 9.72. The predicted molar refractivity (Wildman–Crippen MR) is 121 cm³/mol. The van der Waals surface area contributed by atoms with Gasteiger partial charge in [-0.3, -0.25) is 14.0 Å². The quantitative estimate of drug-likeness (QED) is 0.454. The first-order chi connectivity index (χ1) is 14.8. The number of aryl methyl sites for hydroxylation is 1. The molecule has 3 rings (SSSR count). The van der Waals surface area contributed by atoms with Gasteiger partial charge in [0.25, 0.3) is 5.91 Å². The lowest BCUT2D eigenvalue weighted by Gasteiger charge is -2.12. The van der Waals surface area contributed by atoms with Crippen LogP contribution in [0.15, 0.2) is 18.2 Å². The number of carbonyl (C=O) groups excluding carboxylic acids is 2. The van der Waals surface area contributed by atoms with E-state index in [0.717, 1.165) is 24.2 Å². The fourth-order valence-electron chi connectivity index (χ4n) is 3.25. The van der Waals surface area contributed by atoms with Gasteiger partial charge in [-0.25, -0.2) is 4.98 Å². The van der Waals surface area contributed by atoms with Crippen LogP contribution in [0.1, 0.15) is 56.7 Å². The molecule has 0 bridgehead atoms. The summed E-state index contributed by atoms with van der Waals surface area (Å²) in [6.45, 7) is 10.8. The van der Waals surface area contributed by atoms with E-state index in [1.165, 1.54) is 0 Å². The minimum Gasteiger partial charge on any atom is -0.367 e. The summed E-state index contributed by atoms with van der Waals surface area (Å²) in [6.07, 6.45) is 1.73. The summed E-state index contributed by atoms with van der Waals surface area (Å²) >= 11 is 0. The summed E-state index contributed by atoms with van der Waals surface area (Å²) in [4.78, 5) is 28.8. The van der Waals surface area contributed by atoms with Crippen LogP contribution < -0.4 is 16.0 Å². The van der Waals surface area contributed by atoms with Crippen LogP contribution in [-0.4, -0.2) is 50.5 Å². The van der Waals surface area contributed by atoms with Gasteiger partial charge in [0.1, 0.15) is 5.82 Å². The molecule has 0 radical (unpaired) electrons. The van der Waals surface area contributed by atoms with Crippen LogP contribution in [0.5, 0.6) is 0 Å². The maximum absolute atomic E-state index is 12.4. The molecule has 2 heterocycles. The standard InChI is InChI=1S/C22H31N7O2/c1-13(2)21(30)24-11-7-6-10-23-19-20-28-27-15(5)29(20)18-9-8-16(12-17(18)26-19)22(31)25-14(3)4/h8-9,12-14H,6-7,10-11H2,1-5H3,(H,23,26)(H,24,30)(H,25,31). The first-order valence-electron chi connectivity index (χ1n) is 10.8. The van der Waals surface area contributed by atoms with E-state index in [1.54, 1.807) is 12.1 Å². The molecule has 9 nitrogen and oxygen atoms in total. The summed E-state index contributed by atoms with van der Waals surface area (Å²) < 4.78 is 1.94. The van der Waals surface area contributed by atoms with Gasteiger partial charge in [-0.15, -0.1) is 10.2 Å². The lowest BCUT2D eigenvalue weighted by Crippen LogP contribution is -2.30. The lowest BCUT2D eigenvalue weighted by molar-refractivity contribution is -0.123. The van der Waals surface area contributed by atoms with Crippen LogP contribution in [-0.2, 0) is 4.79 Å². The number of nitrogens with zero attached hydrogens (tertiary/aromatic N) is 4. The van der Waals surface area contributed by atoms with Gasteiger partial charge >= 0.3 is 0 Å². The highest BCUT2D eigenvalue weighted by Crippen LogP contribution is 2.23. The summed E-state index contributed by atoms with van der Waals surface area (Å²) in [5.41, 5.74) is 2.75. The first-order valence-corrected chi connectivity index (χ1v) is 10.8. The van der Waals surface area contributed by atoms with Gasteiger partial charge in [0, 0.05) is 30.6 Å². The minimum absolute atomic E-state index is 0.00287. The number of aromatic nitrogens is 4. The molecule has 2 amide bonds. The van der Waals surface area contributed by atoms with Crippen LogP contribution >= 0.6 is 0 Å². The highest BCUT2D eigenvalue weighted by atomic mass is 16.2. The fourth-order valence-corrected chi connectivity index (χ4v) is 3.25. The van der Waals surface area contributed by atoms with Crippen molar-refractivity contribution < 1.29 is 9.59 Å². The van der Waals surface area contributed by atoms with Crippen LogP contribution in [0, 0.1) is 12.8 Å². The van der Waals surface area contributed by atoms with Gasteiger partial charge < -0.3 is 16.0 Å². The van der Waals surface area contributed by atoms with Gasteiger partial charge in [0.2, 0.25) is 11.6 Å². The van der Waals surface area contributed by atoms with Crippen molar-refractivity contribution in [1.29, 1.82) is 0 Å². The van der Waals surface area contributed by atoms with Crippen molar-refractivity contribution in [3.05, 3.63) is 29.6 Å². The van der Waals surface area contributed by atoms with Crippen LogP contribution in [0.2, 0.25) is 0 Å². The zero-order valence-corrected chi connectivity index (χ0v) is 18.8. The molecule has 0 unspecified atom stereocenters. The van der Waals surface area contributed by atoms with Gasteiger partial charge in [-0.05, 0) is 51.8 Å². The zero-order chi connectivity index (χ0) is 22.5. The van der Waals surface area contributed by atoms with Crippen molar-refractivity contribution >= 4 is 34.3 Å². The molecule has 1 aromatic carbocycles. The van der Waals surface area contributed by atoms with Crippen molar-refractivity contribution in [2.24, 2.45) is 5.92 Å². The third-order valence-electron chi connectivity index (χ3n) is 4.89. The number of amides is 2. The van der Waals surface area contributed by atoms with E-state index < -0.39 is 0 Å². The molecule has 0 saturated carbocycles. The second-order valence-electron chi connectivity index (χ2n) is 8.28. The molecule has 0 aliphatic heterocycles. The van der Waals surface area contributed by atoms with Crippen LogP contribution in [0.4, 0.5) is 5.82 Å². The summed E-state index contributed by atoms with van der Waals surface area (Å²) in [6, 6.07) is 5.51. The maximum Gasteiger partial charge on any atom is 0.251 e. The van der Waals surface area contributed by atoms with Crippen LogP contribution in [0.25, 0.3) is 16.7 Å². The molecule has 0 aliphatic rings. The predicted octanol–water partition coefficient (Wildman–Crippen LogP) is 2.69. The van der Waals surface area contributed by atoms with Crippen molar-refractivity contribution in [3.8, 4) is 0 Å². The molecule has 31 heavy (non-hydrogen) atoms. The van der Waals surface area contributed by atoms with E-state index in [9.17, 15) is 9.59 Å². The van der Waals surface area contributed by atoms with E-state index in [-0.39, 0.29) is 23.8 Å². The van der Waals surface area contributed by atoms with Crippen molar-refractivity contribution in [2.45, 2.75) is 53.5 Å². The molecule has 0 aliphatic carbocycles. The number of hydrogen-bond donors (Lipinski definition) is 3. The normalized spacial score (nSPS) is 11.5. The highest BCUT2D eigenvalue weighted by Gasteiger charge is 2.15. The smallest absolute Gasteiger partial charge is 0.251 e. The average Bonchev–Trinajstić information content (AvgIpc) is 3.11. The van der Waals surface area contributed by atoms with Gasteiger partial charge in [0.05, 0.1) is 11.0 Å². The molecule has 0 atom stereocenters. The molecule has 9 heteroatoms. The number of nitrogens with one attached hydrogen (secondary N) is 3. The average molecular weight is 426 g/mol. The third-order valence-corrected chi connectivity index (χ3v) is 4.89. The summed E-state index contributed by atoms with van der Waals surface area (Å²) in [5, 5.41) is 17.6. The van der Waals surface area contributed by atoms with Crippen molar-refractivity contribution in [1.82, 2.24) is 30.2 Å². The van der Waals surface area contributed by atoms with Gasteiger partial charge in [0.15, 0.2) is 5.82 Å². The monoisotopic (exact) mass is 425 g/mol. The van der Waals surface area contributed by atoms with Crippen molar-refractivity contribution in [2.75, 3.05) is 18.4 Å². The number of unbranched alkanes of at least 4 members (excludes halogenated alkanes) is 1. The molecule has 2 aromatic heterocycles. The Morgan fingerprint density at radius 3 is 2.52 bits per heavy atom. The van der Waals surface area contributed by atoms with E-state index in [4.69, 9.17) is 4.98 Å². The Kier molecular flexibility index (Phi) is 7.04. The molecular formula is C22H31N7O2. The van der Waals surface area contributed by atoms with Gasteiger partial charge in [-0.1, -0.05) is 13.8 Å². The van der Waals surface area contributed by atoms with E-state index in [0.29, 0.717) is 35.6 Å². The maximum atomic E-state index is 12.4. The lowest BCUT2D eigenvalue weighted by atomic mass is 10.1. The van der Waals surface area contributed by atoms with E-state index in [1.807, 2.05) is 45.1 Å².